The van der Waals surface area contributed by atoms with Crippen LogP contribution in [0.2, 0.25) is 5.02 Å². The Morgan fingerprint density at radius 3 is 2.47 bits per heavy atom. The van der Waals surface area contributed by atoms with E-state index in [4.69, 9.17) is 16.3 Å². The van der Waals surface area contributed by atoms with Gasteiger partial charge in [0.1, 0.15) is 5.75 Å². The highest BCUT2D eigenvalue weighted by Crippen LogP contribution is 2.25. The number of hydrogen-bond acceptors (Lipinski definition) is 2. The average molecular weight is 276 g/mol. The number of nitrogens with one attached hydrogen (secondary N) is 1. The van der Waals surface area contributed by atoms with Gasteiger partial charge in [0.15, 0.2) is 0 Å². The number of halogens is 1. The van der Waals surface area contributed by atoms with Gasteiger partial charge >= 0.3 is 0 Å². The van der Waals surface area contributed by atoms with E-state index in [0.717, 1.165) is 23.5 Å². The molecule has 0 radical (unpaired) electrons. The second-order valence-electron chi connectivity index (χ2n) is 4.42. The normalized spacial score (nSPS) is 10.3. The van der Waals surface area contributed by atoms with Crippen LogP contribution >= 0.6 is 11.6 Å². The van der Waals surface area contributed by atoms with Gasteiger partial charge in [-0.15, -0.1) is 0 Å². The molecule has 100 valence electrons. The third-order valence-corrected chi connectivity index (χ3v) is 3.14. The molecule has 19 heavy (non-hydrogen) atoms. The highest BCUT2D eigenvalue weighted by molar-refractivity contribution is 6.32. The van der Waals surface area contributed by atoms with E-state index in [0.29, 0.717) is 11.6 Å². The first-order valence-corrected chi connectivity index (χ1v) is 6.78. The number of ether oxygens (including phenoxy) is 1. The van der Waals surface area contributed by atoms with Gasteiger partial charge in [-0.05, 0) is 43.7 Å². The number of benzene rings is 2. The number of hydrogen-bond donors (Lipinski definition) is 1. The van der Waals surface area contributed by atoms with Gasteiger partial charge in [-0.2, -0.15) is 0 Å². The Kier molecular flexibility index (Phi) is 4.69. The van der Waals surface area contributed by atoms with Crippen molar-refractivity contribution in [1.82, 2.24) is 0 Å². The summed E-state index contributed by atoms with van der Waals surface area (Å²) in [4.78, 5) is 0. The molecule has 0 saturated carbocycles. The summed E-state index contributed by atoms with van der Waals surface area (Å²) in [6, 6.07) is 14.2. The maximum atomic E-state index is 6.16. The van der Waals surface area contributed by atoms with Crippen LogP contribution in [0.4, 0.5) is 5.69 Å². The zero-order chi connectivity index (χ0) is 13.7. The zero-order valence-electron chi connectivity index (χ0n) is 11.2. The van der Waals surface area contributed by atoms with E-state index in [-0.39, 0.29) is 0 Å². The highest BCUT2D eigenvalue weighted by Gasteiger charge is 2.02. The molecule has 0 amide bonds. The predicted octanol–water partition coefficient (Wildman–Crippen LogP) is 4.66. The third-order valence-electron chi connectivity index (χ3n) is 2.84. The average Bonchev–Trinajstić information content (AvgIpc) is 2.41. The van der Waals surface area contributed by atoms with Crippen LogP contribution in [0.15, 0.2) is 42.5 Å². The Hall–Kier alpha value is -1.67. The fourth-order valence-electron chi connectivity index (χ4n) is 1.80. The summed E-state index contributed by atoms with van der Waals surface area (Å²) in [5.74, 6) is 0.739. The maximum Gasteiger partial charge on any atom is 0.137 e. The minimum atomic E-state index is 0.626. The first-order chi connectivity index (χ1) is 9.19. The van der Waals surface area contributed by atoms with Crippen molar-refractivity contribution in [3.05, 3.63) is 58.6 Å². The van der Waals surface area contributed by atoms with E-state index < -0.39 is 0 Å². The monoisotopic (exact) mass is 275 g/mol. The minimum Gasteiger partial charge on any atom is -0.492 e. The lowest BCUT2D eigenvalue weighted by Gasteiger charge is -2.10. The summed E-state index contributed by atoms with van der Waals surface area (Å²) in [5.41, 5.74) is 3.50. The van der Waals surface area contributed by atoms with Gasteiger partial charge in [-0.1, -0.05) is 35.4 Å². The lowest BCUT2D eigenvalue weighted by molar-refractivity contribution is 0.340. The molecule has 1 N–H and O–H groups in total. The molecule has 0 aromatic heterocycles. The van der Waals surface area contributed by atoms with Crippen LogP contribution in [-0.2, 0) is 6.54 Å². The maximum absolute atomic E-state index is 6.16. The van der Waals surface area contributed by atoms with Crippen LogP contribution in [0.5, 0.6) is 5.75 Å². The molecule has 3 heteroatoms. The summed E-state index contributed by atoms with van der Waals surface area (Å²) in [6.45, 7) is 5.40. The Morgan fingerprint density at radius 1 is 1.11 bits per heavy atom. The third kappa shape index (κ3) is 3.90. The first-order valence-electron chi connectivity index (χ1n) is 6.41. The molecular weight excluding hydrogens is 258 g/mol. The minimum absolute atomic E-state index is 0.626. The largest absolute Gasteiger partial charge is 0.492 e. The van der Waals surface area contributed by atoms with Gasteiger partial charge in [0.05, 0.1) is 11.6 Å². The van der Waals surface area contributed by atoms with Crippen molar-refractivity contribution < 1.29 is 4.74 Å². The summed E-state index contributed by atoms with van der Waals surface area (Å²) < 4.78 is 5.42. The first kappa shape index (κ1) is 13.8. The van der Waals surface area contributed by atoms with Crippen molar-refractivity contribution in [2.45, 2.75) is 20.4 Å². The lowest BCUT2D eigenvalue weighted by atomic mass is 10.2. The van der Waals surface area contributed by atoms with Crippen LogP contribution in [0.3, 0.4) is 0 Å². The van der Waals surface area contributed by atoms with Crippen molar-refractivity contribution in [2.75, 3.05) is 11.9 Å². The van der Waals surface area contributed by atoms with Gasteiger partial charge in [0.2, 0.25) is 0 Å². The highest BCUT2D eigenvalue weighted by atomic mass is 35.5. The fraction of sp³-hybridized carbons (Fsp3) is 0.250. The van der Waals surface area contributed by atoms with Gasteiger partial charge in [0, 0.05) is 12.2 Å². The SMILES string of the molecule is CCOc1ccc(CNc2ccc(C)cc2)cc1Cl. The smallest absolute Gasteiger partial charge is 0.137 e. The Bertz CT molecular complexity index is 537. The Morgan fingerprint density at radius 2 is 1.84 bits per heavy atom. The van der Waals surface area contributed by atoms with E-state index >= 15 is 0 Å². The molecule has 0 aliphatic carbocycles. The van der Waals surface area contributed by atoms with Gasteiger partial charge in [0.25, 0.3) is 0 Å². The molecule has 0 aliphatic heterocycles. The molecule has 0 bridgehead atoms. The Labute approximate surface area is 119 Å². The molecule has 0 fully saturated rings. The second kappa shape index (κ2) is 6.48. The van der Waals surface area contributed by atoms with E-state index in [1.54, 1.807) is 0 Å². The van der Waals surface area contributed by atoms with Crippen molar-refractivity contribution >= 4 is 17.3 Å². The quantitative estimate of drug-likeness (QED) is 0.857. The van der Waals surface area contributed by atoms with Gasteiger partial charge in [-0.3, -0.25) is 0 Å². The predicted molar refractivity (Wildman–Crippen MR) is 81.1 cm³/mol. The molecular formula is C16H18ClNO. The van der Waals surface area contributed by atoms with Crippen LogP contribution < -0.4 is 10.1 Å². The van der Waals surface area contributed by atoms with Gasteiger partial charge < -0.3 is 10.1 Å². The summed E-state index contributed by atoms with van der Waals surface area (Å²) >= 11 is 6.16. The lowest BCUT2D eigenvalue weighted by Crippen LogP contribution is -2.00. The number of anilines is 1. The van der Waals surface area contributed by atoms with Gasteiger partial charge in [-0.25, -0.2) is 0 Å². The molecule has 2 nitrogen and oxygen atoms in total. The van der Waals surface area contributed by atoms with Crippen LogP contribution in [-0.4, -0.2) is 6.61 Å². The van der Waals surface area contributed by atoms with Crippen molar-refractivity contribution in [1.29, 1.82) is 0 Å². The van der Waals surface area contributed by atoms with Crippen LogP contribution in [0.1, 0.15) is 18.1 Å². The second-order valence-corrected chi connectivity index (χ2v) is 4.82. The zero-order valence-corrected chi connectivity index (χ0v) is 12.0. The molecule has 0 unspecified atom stereocenters. The van der Waals surface area contributed by atoms with Crippen molar-refractivity contribution in [3.63, 3.8) is 0 Å². The summed E-state index contributed by atoms with van der Waals surface area (Å²) in [6.07, 6.45) is 0. The molecule has 0 heterocycles. The number of rotatable bonds is 5. The fourth-order valence-corrected chi connectivity index (χ4v) is 2.06. The van der Waals surface area contributed by atoms with Crippen LogP contribution in [0.25, 0.3) is 0 Å². The standard InChI is InChI=1S/C16H18ClNO/c1-3-19-16-9-6-13(10-15(16)17)11-18-14-7-4-12(2)5-8-14/h4-10,18H,3,11H2,1-2H3. The van der Waals surface area contributed by atoms with E-state index in [1.807, 2.05) is 25.1 Å². The number of aryl methyl sites for hydroxylation is 1. The van der Waals surface area contributed by atoms with Crippen molar-refractivity contribution in [3.8, 4) is 5.75 Å². The molecule has 2 rings (SSSR count). The molecule has 0 saturated heterocycles. The molecule has 2 aromatic rings. The Balaban J connectivity index is 1.99. The topological polar surface area (TPSA) is 21.3 Å². The molecule has 0 spiro atoms. The van der Waals surface area contributed by atoms with Crippen molar-refractivity contribution in [2.24, 2.45) is 0 Å². The molecule has 0 aliphatic rings. The van der Waals surface area contributed by atoms with E-state index in [9.17, 15) is 0 Å². The molecule has 2 aromatic carbocycles. The van der Waals surface area contributed by atoms with E-state index in [1.165, 1.54) is 5.56 Å². The summed E-state index contributed by atoms with van der Waals surface area (Å²) in [7, 11) is 0. The van der Waals surface area contributed by atoms with Crippen LogP contribution in [0, 0.1) is 6.92 Å². The molecule has 0 atom stereocenters. The van der Waals surface area contributed by atoms with E-state index in [2.05, 4.69) is 36.5 Å². The summed E-state index contributed by atoms with van der Waals surface area (Å²) in [5, 5.41) is 4.02.